The predicted molar refractivity (Wildman–Crippen MR) is 86.5 cm³/mol. The summed E-state index contributed by atoms with van der Waals surface area (Å²) in [7, 11) is 1.97. The summed E-state index contributed by atoms with van der Waals surface area (Å²) < 4.78 is 7.71. The summed E-state index contributed by atoms with van der Waals surface area (Å²) >= 11 is 0. The van der Waals surface area contributed by atoms with Crippen molar-refractivity contribution in [2.75, 3.05) is 0 Å². The van der Waals surface area contributed by atoms with Crippen LogP contribution in [0, 0.1) is 12.3 Å². The molecule has 4 rings (SSSR count). The SMILES string of the molecule is Cc1c(-c2nc3ccccc3n2C)c(=N)oc2ccccc12. The lowest BCUT2D eigenvalue weighted by Gasteiger charge is -2.09. The van der Waals surface area contributed by atoms with Crippen LogP contribution in [-0.4, -0.2) is 9.55 Å². The zero-order chi connectivity index (χ0) is 15.3. The summed E-state index contributed by atoms with van der Waals surface area (Å²) in [6.45, 7) is 2.02. The Hall–Kier alpha value is -2.88. The van der Waals surface area contributed by atoms with Gasteiger partial charge in [0.25, 0.3) is 0 Å². The molecule has 0 aliphatic rings. The molecule has 4 aromatic rings. The van der Waals surface area contributed by atoms with Crippen LogP contribution in [-0.2, 0) is 7.05 Å². The number of benzene rings is 2. The van der Waals surface area contributed by atoms with Crippen LogP contribution in [0.2, 0.25) is 0 Å². The fourth-order valence-electron chi connectivity index (χ4n) is 2.97. The van der Waals surface area contributed by atoms with Gasteiger partial charge < -0.3 is 8.98 Å². The summed E-state index contributed by atoms with van der Waals surface area (Å²) in [6, 6.07) is 15.8. The number of aromatic nitrogens is 2. The molecule has 0 atom stereocenters. The highest BCUT2D eigenvalue weighted by atomic mass is 16.3. The Morgan fingerprint density at radius 2 is 1.77 bits per heavy atom. The van der Waals surface area contributed by atoms with Crippen molar-refractivity contribution in [3.63, 3.8) is 0 Å². The molecule has 4 nitrogen and oxygen atoms in total. The summed E-state index contributed by atoms with van der Waals surface area (Å²) in [4.78, 5) is 4.69. The van der Waals surface area contributed by atoms with Gasteiger partial charge in [-0.15, -0.1) is 0 Å². The third-order valence-electron chi connectivity index (χ3n) is 4.12. The number of nitrogens with one attached hydrogen (secondary N) is 1. The first-order valence-corrected chi connectivity index (χ1v) is 7.15. The molecule has 0 unspecified atom stereocenters. The quantitative estimate of drug-likeness (QED) is 0.580. The van der Waals surface area contributed by atoms with Gasteiger partial charge in [-0.2, -0.15) is 0 Å². The van der Waals surface area contributed by atoms with Crippen molar-refractivity contribution in [2.24, 2.45) is 7.05 Å². The molecule has 0 saturated carbocycles. The van der Waals surface area contributed by atoms with E-state index in [0.29, 0.717) is 0 Å². The molecule has 22 heavy (non-hydrogen) atoms. The number of rotatable bonds is 1. The standard InChI is InChI=1S/C18H15N3O/c1-11-12-7-3-6-10-15(12)22-17(19)16(11)18-20-13-8-4-5-9-14(13)21(18)2/h3-10,19H,1-2H3. The number of fused-ring (bicyclic) bond motifs is 2. The van der Waals surface area contributed by atoms with Crippen molar-refractivity contribution >= 4 is 22.0 Å². The lowest BCUT2D eigenvalue weighted by atomic mass is 10.1. The Morgan fingerprint density at radius 3 is 2.59 bits per heavy atom. The number of para-hydroxylation sites is 3. The largest absolute Gasteiger partial charge is 0.438 e. The van der Waals surface area contributed by atoms with Crippen molar-refractivity contribution in [3.8, 4) is 11.4 Å². The number of hydrogen-bond donors (Lipinski definition) is 1. The molecule has 0 aliphatic carbocycles. The van der Waals surface area contributed by atoms with Crippen LogP contribution in [0.5, 0.6) is 0 Å². The average molecular weight is 289 g/mol. The Kier molecular flexibility index (Phi) is 2.66. The summed E-state index contributed by atoms with van der Waals surface area (Å²) in [5, 5.41) is 9.30. The van der Waals surface area contributed by atoms with Crippen molar-refractivity contribution in [2.45, 2.75) is 6.92 Å². The first-order chi connectivity index (χ1) is 10.7. The predicted octanol–water partition coefficient (Wildman–Crippen LogP) is 3.77. The van der Waals surface area contributed by atoms with Crippen LogP contribution in [0.4, 0.5) is 0 Å². The van der Waals surface area contributed by atoms with E-state index in [0.717, 1.165) is 39.0 Å². The molecule has 0 bridgehead atoms. The highest BCUT2D eigenvalue weighted by Crippen LogP contribution is 2.27. The molecule has 0 fully saturated rings. The first kappa shape index (κ1) is 12.8. The van der Waals surface area contributed by atoms with Crippen molar-refractivity contribution in [1.29, 1.82) is 5.41 Å². The molecule has 4 heteroatoms. The minimum Gasteiger partial charge on any atom is -0.438 e. The van der Waals surface area contributed by atoms with E-state index in [9.17, 15) is 0 Å². The third kappa shape index (κ3) is 1.70. The minimum absolute atomic E-state index is 0.148. The maximum absolute atomic E-state index is 8.28. The summed E-state index contributed by atoms with van der Waals surface area (Å²) in [5.74, 6) is 0.762. The minimum atomic E-state index is 0.148. The molecular formula is C18H15N3O. The van der Waals surface area contributed by atoms with Gasteiger partial charge in [-0.25, -0.2) is 4.98 Å². The summed E-state index contributed by atoms with van der Waals surface area (Å²) in [6.07, 6.45) is 0. The van der Waals surface area contributed by atoms with Crippen LogP contribution >= 0.6 is 0 Å². The summed E-state index contributed by atoms with van der Waals surface area (Å²) in [5.41, 5.74) is 4.61. The highest BCUT2D eigenvalue weighted by molar-refractivity contribution is 5.87. The Morgan fingerprint density at radius 1 is 1.05 bits per heavy atom. The molecule has 0 saturated heterocycles. The van der Waals surface area contributed by atoms with Crippen molar-refractivity contribution in [1.82, 2.24) is 9.55 Å². The monoisotopic (exact) mass is 289 g/mol. The van der Waals surface area contributed by atoms with Crippen LogP contribution in [0.15, 0.2) is 52.9 Å². The third-order valence-corrected chi connectivity index (χ3v) is 4.12. The second-order valence-corrected chi connectivity index (χ2v) is 5.41. The molecule has 2 aromatic carbocycles. The number of aryl methyl sites for hydroxylation is 2. The van der Waals surface area contributed by atoms with E-state index in [1.54, 1.807) is 0 Å². The zero-order valence-corrected chi connectivity index (χ0v) is 12.4. The molecular weight excluding hydrogens is 274 g/mol. The molecule has 0 radical (unpaired) electrons. The molecule has 0 amide bonds. The molecule has 0 spiro atoms. The number of imidazole rings is 1. The van der Waals surface area contributed by atoms with Gasteiger partial charge in [-0.05, 0) is 30.7 Å². The van der Waals surface area contributed by atoms with Crippen LogP contribution in [0.3, 0.4) is 0 Å². The van der Waals surface area contributed by atoms with Gasteiger partial charge in [0.2, 0.25) is 5.55 Å². The Bertz CT molecular complexity index is 1070. The van der Waals surface area contributed by atoms with Gasteiger partial charge in [0.05, 0.1) is 16.6 Å². The molecule has 0 aliphatic heterocycles. The van der Waals surface area contributed by atoms with Crippen molar-refractivity contribution in [3.05, 3.63) is 59.6 Å². The van der Waals surface area contributed by atoms with E-state index in [1.165, 1.54) is 0 Å². The maximum atomic E-state index is 8.28. The fourth-order valence-corrected chi connectivity index (χ4v) is 2.97. The van der Waals surface area contributed by atoms with E-state index in [4.69, 9.17) is 14.8 Å². The van der Waals surface area contributed by atoms with Crippen molar-refractivity contribution < 1.29 is 4.42 Å². The van der Waals surface area contributed by atoms with E-state index in [2.05, 4.69) is 0 Å². The van der Waals surface area contributed by atoms with Gasteiger partial charge in [0.1, 0.15) is 11.4 Å². The van der Waals surface area contributed by atoms with Crippen LogP contribution in [0.25, 0.3) is 33.4 Å². The maximum Gasteiger partial charge on any atom is 0.223 e. The second-order valence-electron chi connectivity index (χ2n) is 5.41. The smallest absolute Gasteiger partial charge is 0.223 e. The molecule has 2 heterocycles. The van der Waals surface area contributed by atoms with E-state index >= 15 is 0 Å². The van der Waals surface area contributed by atoms with Gasteiger partial charge in [0.15, 0.2) is 0 Å². The Labute approximate surface area is 127 Å². The second kappa shape index (κ2) is 4.56. The molecule has 1 N–H and O–H groups in total. The molecule has 108 valence electrons. The number of nitrogens with zero attached hydrogens (tertiary/aromatic N) is 2. The average Bonchev–Trinajstić information content (AvgIpc) is 2.85. The van der Waals surface area contributed by atoms with Crippen LogP contribution < -0.4 is 5.55 Å². The van der Waals surface area contributed by atoms with E-state index < -0.39 is 0 Å². The highest BCUT2D eigenvalue weighted by Gasteiger charge is 2.16. The zero-order valence-electron chi connectivity index (χ0n) is 12.4. The number of hydrogen-bond acceptors (Lipinski definition) is 3. The molecule has 2 aromatic heterocycles. The normalized spacial score (nSPS) is 11.4. The topological polar surface area (TPSA) is 54.8 Å². The lowest BCUT2D eigenvalue weighted by Crippen LogP contribution is -2.09. The lowest BCUT2D eigenvalue weighted by molar-refractivity contribution is 0.534. The van der Waals surface area contributed by atoms with Gasteiger partial charge >= 0.3 is 0 Å². The first-order valence-electron chi connectivity index (χ1n) is 7.15. The fraction of sp³-hybridized carbons (Fsp3) is 0.111. The van der Waals surface area contributed by atoms with Crippen LogP contribution in [0.1, 0.15) is 5.56 Å². The van der Waals surface area contributed by atoms with Gasteiger partial charge in [-0.3, -0.25) is 5.41 Å². The van der Waals surface area contributed by atoms with Gasteiger partial charge in [0, 0.05) is 12.4 Å². The van der Waals surface area contributed by atoms with E-state index in [1.807, 2.05) is 67.1 Å². The van der Waals surface area contributed by atoms with Gasteiger partial charge in [-0.1, -0.05) is 30.3 Å². The van der Waals surface area contributed by atoms with E-state index in [-0.39, 0.29) is 5.55 Å². The Balaban J connectivity index is 2.12.